The number of hydrogen-bond donors (Lipinski definition) is 1. The molecule has 2 heterocycles. The van der Waals surface area contributed by atoms with Gasteiger partial charge in [-0.1, -0.05) is 18.2 Å². The number of amides is 1. The lowest BCUT2D eigenvalue weighted by atomic mass is 10.1. The first-order chi connectivity index (χ1) is 13.9. The van der Waals surface area contributed by atoms with Gasteiger partial charge < -0.3 is 4.57 Å². The van der Waals surface area contributed by atoms with Crippen molar-refractivity contribution in [2.45, 2.75) is 27.2 Å². The molecule has 1 N–H and O–H groups in total. The van der Waals surface area contributed by atoms with Crippen molar-refractivity contribution in [2.24, 2.45) is 5.10 Å². The Morgan fingerprint density at radius 1 is 1.24 bits per heavy atom. The molecular formula is C21H21N5O3. The van der Waals surface area contributed by atoms with Crippen LogP contribution in [0.15, 0.2) is 53.8 Å². The number of nitrogens with one attached hydrogen (secondary N) is 1. The molecule has 1 aromatic carbocycles. The fourth-order valence-electron chi connectivity index (χ4n) is 3.14. The van der Waals surface area contributed by atoms with E-state index in [1.807, 2.05) is 43.5 Å². The molecule has 0 atom stereocenters. The number of pyridine rings is 1. The van der Waals surface area contributed by atoms with E-state index in [4.69, 9.17) is 0 Å². The summed E-state index contributed by atoms with van der Waals surface area (Å²) < 4.78 is 2.02. The monoisotopic (exact) mass is 391 g/mol. The van der Waals surface area contributed by atoms with Crippen LogP contribution in [0.1, 0.15) is 28.1 Å². The molecule has 29 heavy (non-hydrogen) atoms. The molecule has 0 spiro atoms. The Kier molecular flexibility index (Phi) is 5.82. The Hall–Kier alpha value is -3.81. The maximum absolute atomic E-state index is 12.1. The van der Waals surface area contributed by atoms with Crippen LogP contribution in [0.25, 0.3) is 5.82 Å². The Morgan fingerprint density at radius 2 is 2.00 bits per heavy atom. The normalized spacial score (nSPS) is 11.0. The SMILES string of the molecule is Cc1ccnc(-n2c(C)cc(/C=N/NC(=O)Cc3ccccc3[N+](=O)[O-])c2C)c1. The van der Waals surface area contributed by atoms with Gasteiger partial charge in [0.2, 0.25) is 5.91 Å². The van der Waals surface area contributed by atoms with E-state index in [9.17, 15) is 14.9 Å². The summed E-state index contributed by atoms with van der Waals surface area (Å²) in [4.78, 5) is 27.1. The number of benzene rings is 1. The van der Waals surface area contributed by atoms with Crippen LogP contribution in [0, 0.1) is 30.9 Å². The number of hydrazone groups is 1. The van der Waals surface area contributed by atoms with E-state index >= 15 is 0 Å². The van der Waals surface area contributed by atoms with E-state index in [0.717, 1.165) is 28.3 Å². The molecule has 148 valence electrons. The van der Waals surface area contributed by atoms with Crippen LogP contribution in [-0.4, -0.2) is 26.6 Å². The molecular weight excluding hydrogens is 370 g/mol. The summed E-state index contributed by atoms with van der Waals surface area (Å²) in [5.74, 6) is 0.393. The highest BCUT2D eigenvalue weighted by atomic mass is 16.6. The first kappa shape index (κ1) is 19.9. The zero-order chi connectivity index (χ0) is 21.0. The molecule has 0 fully saturated rings. The minimum atomic E-state index is -0.500. The predicted octanol–water partition coefficient (Wildman–Crippen LogP) is 3.40. The highest BCUT2D eigenvalue weighted by Crippen LogP contribution is 2.19. The fraction of sp³-hybridized carbons (Fsp3) is 0.190. The average molecular weight is 391 g/mol. The molecule has 0 radical (unpaired) electrons. The van der Waals surface area contributed by atoms with Crippen molar-refractivity contribution in [1.29, 1.82) is 0 Å². The Labute approximate surface area is 168 Å². The van der Waals surface area contributed by atoms with Crippen LogP contribution in [0.4, 0.5) is 5.69 Å². The predicted molar refractivity (Wildman–Crippen MR) is 110 cm³/mol. The minimum Gasteiger partial charge on any atom is -0.303 e. The highest BCUT2D eigenvalue weighted by Gasteiger charge is 2.15. The highest BCUT2D eigenvalue weighted by molar-refractivity contribution is 5.85. The quantitative estimate of drug-likeness (QED) is 0.395. The van der Waals surface area contributed by atoms with Gasteiger partial charge >= 0.3 is 0 Å². The fourth-order valence-corrected chi connectivity index (χ4v) is 3.14. The third-order valence-corrected chi connectivity index (χ3v) is 4.53. The van der Waals surface area contributed by atoms with Crippen LogP contribution in [0.5, 0.6) is 0 Å². The molecule has 8 heteroatoms. The third-order valence-electron chi connectivity index (χ3n) is 4.53. The zero-order valence-corrected chi connectivity index (χ0v) is 16.4. The number of hydrogen-bond acceptors (Lipinski definition) is 5. The summed E-state index contributed by atoms with van der Waals surface area (Å²) in [5, 5.41) is 15.1. The van der Waals surface area contributed by atoms with E-state index in [0.29, 0.717) is 5.56 Å². The maximum atomic E-state index is 12.1. The molecule has 2 aromatic heterocycles. The van der Waals surface area contributed by atoms with Crippen LogP contribution in [-0.2, 0) is 11.2 Å². The van der Waals surface area contributed by atoms with Crippen molar-refractivity contribution in [3.8, 4) is 5.82 Å². The topological polar surface area (TPSA) is 102 Å². The lowest BCUT2D eigenvalue weighted by Crippen LogP contribution is -2.20. The lowest BCUT2D eigenvalue weighted by Gasteiger charge is -2.08. The standard InChI is InChI=1S/C21H21N5O3/c1-14-8-9-22-20(10-14)25-15(2)11-18(16(25)3)13-23-24-21(27)12-17-6-4-5-7-19(17)26(28)29/h4-11,13H,12H2,1-3H3,(H,24,27)/b23-13+. The van der Waals surface area contributed by atoms with Crippen molar-refractivity contribution >= 4 is 17.8 Å². The molecule has 8 nitrogen and oxygen atoms in total. The number of carbonyl (C=O) groups is 1. The number of aromatic nitrogens is 2. The summed E-state index contributed by atoms with van der Waals surface area (Å²) in [5.41, 5.74) is 6.58. The van der Waals surface area contributed by atoms with Crippen LogP contribution in [0.2, 0.25) is 0 Å². The molecule has 0 aliphatic carbocycles. The molecule has 0 unspecified atom stereocenters. The van der Waals surface area contributed by atoms with Gasteiger partial charge in [-0.3, -0.25) is 14.9 Å². The molecule has 3 rings (SSSR count). The number of aryl methyl sites for hydroxylation is 2. The molecule has 0 saturated heterocycles. The van der Waals surface area contributed by atoms with Crippen LogP contribution in [0.3, 0.4) is 0 Å². The van der Waals surface area contributed by atoms with E-state index in [1.54, 1.807) is 30.6 Å². The van der Waals surface area contributed by atoms with Crippen molar-refractivity contribution in [1.82, 2.24) is 15.0 Å². The maximum Gasteiger partial charge on any atom is 0.273 e. The summed E-state index contributed by atoms with van der Waals surface area (Å²) in [6.45, 7) is 5.93. The summed E-state index contributed by atoms with van der Waals surface area (Å²) in [6.07, 6.45) is 3.20. The second-order valence-electron chi connectivity index (χ2n) is 6.71. The van der Waals surface area contributed by atoms with Crippen molar-refractivity contribution in [3.05, 3.63) is 86.9 Å². The van der Waals surface area contributed by atoms with E-state index < -0.39 is 10.8 Å². The van der Waals surface area contributed by atoms with Gasteiger partial charge in [0.1, 0.15) is 5.82 Å². The van der Waals surface area contributed by atoms with Crippen molar-refractivity contribution in [3.63, 3.8) is 0 Å². The molecule has 0 aliphatic rings. The van der Waals surface area contributed by atoms with Gasteiger partial charge in [-0.05, 0) is 44.5 Å². The van der Waals surface area contributed by atoms with Gasteiger partial charge in [-0.2, -0.15) is 5.10 Å². The van der Waals surface area contributed by atoms with Gasteiger partial charge in [-0.15, -0.1) is 0 Å². The first-order valence-electron chi connectivity index (χ1n) is 9.03. The number of para-hydroxylation sites is 1. The zero-order valence-electron chi connectivity index (χ0n) is 16.4. The van der Waals surface area contributed by atoms with Crippen molar-refractivity contribution in [2.75, 3.05) is 0 Å². The second-order valence-corrected chi connectivity index (χ2v) is 6.71. The van der Waals surface area contributed by atoms with E-state index in [-0.39, 0.29) is 12.1 Å². The average Bonchev–Trinajstić information content (AvgIpc) is 2.95. The van der Waals surface area contributed by atoms with Gasteiger partial charge in [-0.25, -0.2) is 10.4 Å². The number of rotatable bonds is 6. The number of nitro benzene ring substituents is 1. The molecule has 0 saturated carbocycles. The van der Waals surface area contributed by atoms with Gasteiger partial charge in [0.05, 0.1) is 17.6 Å². The van der Waals surface area contributed by atoms with Gasteiger partial charge in [0, 0.05) is 34.8 Å². The Bertz CT molecular complexity index is 1100. The smallest absolute Gasteiger partial charge is 0.273 e. The minimum absolute atomic E-state index is 0.0826. The Balaban J connectivity index is 1.72. The largest absolute Gasteiger partial charge is 0.303 e. The van der Waals surface area contributed by atoms with Crippen molar-refractivity contribution < 1.29 is 9.72 Å². The molecule has 0 aliphatic heterocycles. The van der Waals surface area contributed by atoms with Crippen LogP contribution >= 0.6 is 0 Å². The summed E-state index contributed by atoms with van der Waals surface area (Å²) >= 11 is 0. The third kappa shape index (κ3) is 4.55. The first-order valence-corrected chi connectivity index (χ1v) is 9.03. The second kappa shape index (κ2) is 8.47. The van der Waals surface area contributed by atoms with E-state index in [2.05, 4.69) is 15.5 Å². The van der Waals surface area contributed by atoms with E-state index in [1.165, 1.54) is 6.07 Å². The summed E-state index contributed by atoms with van der Waals surface area (Å²) in [6, 6.07) is 12.0. The van der Waals surface area contributed by atoms with Gasteiger partial charge in [0.25, 0.3) is 5.69 Å². The lowest BCUT2D eigenvalue weighted by molar-refractivity contribution is -0.385. The molecule has 1 amide bonds. The van der Waals surface area contributed by atoms with Gasteiger partial charge in [0.15, 0.2) is 0 Å². The number of carbonyl (C=O) groups excluding carboxylic acids is 1. The summed E-state index contributed by atoms with van der Waals surface area (Å²) in [7, 11) is 0. The Morgan fingerprint density at radius 3 is 2.72 bits per heavy atom. The molecule has 3 aromatic rings. The van der Waals surface area contributed by atoms with Crippen LogP contribution < -0.4 is 5.43 Å². The number of nitro groups is 1. The number of nitrogens with zero attached hydrogens (tertiary/aromatic N) is 4. The molecule has 0 bridgehead atoms.